The van der Waals surface area contributed by atoms with Crippen molar-refractivity contribution in [3.63, 3.8) is 0 Å². The topological polar surface area (TPSA) is 80.9 Å². The van der Waals surface area contributed by atoms with E-state index in [0.29, 0.717) is 13.0 Å². The first-order valence-corrected chi connectivity index (χ1v) is 9.81. The quantitative estimate of drug-likeness (QED) is 0.598. The van der Waals surface area contributed by atoms with E-state index in [0.717, 1.165) is 28.2 Å². The standard InChI is InChI=1S/C21H24N4OS/c1-16-4-5-19(27-16)21(20(22)26,10-6-18-3-2-11-24-15-18)25-14-9-17-7-12-23-13-8-17/h2-5,7-8,11-13,15,25H,6,9-10,14H2,1H3,(H2,22,26). The first-order chi connectivity index (χ1) is 13.1. The van der Waals surface area contributed by atoms with Gasteiger partial charge in [0.15, 0.2) is 0 Å². The van der Waals surface area contributed by atoms with Gasteiger partial charge in [0.2, 0.25) is 5.91 Å². The number of carbonyl (C=O) groups is 1. The molecule has 0 bridgehead atoms. The van der Waals surface area contributed by atoms with E-state index in [1.54, 1.807) is 29.9 Å². The molecule has 3 aromatic heterocycles. The number of aryl methyl sites for hydroxylation is 2. The third kappa shape index (κ3) is 4.78. The van der Waals surface area contributed by atoms with Gasteiger partial charge in [0.1, 0.15) is 5.54 Å². The van der Waals surface area contributed by atoms with Crippen LogP contribution in [0.4, 0.5) is 0 Å². The van der Waals surface area contributed by atoms with Crippen LogP contribution in [0, 0.1) is 6.92 Å². The molecule has 1 atom stereocenters. The molecule has 0 aliphatic carbocycles. The van der Waals surface area contributed by atoms with E-state index in [1.165, 1.54) is 5.56 Å². The number of primary amides is 1. The fourth-order valence-electron chi connectivity index (χ4n) is 3.14. The van der Waals surface area contributed by atoms with Crippen LogP contribution >= 0.6 is 11.3 Å². The molecule has 0 aliphatic rings. The highest BCUT2D eigenvalue weighted by atomic mass is 32.1. The van der Waals surface area contributed by atoms with E-state index in [9.17, 15) is 4.79 Å². The van der Waals surface area contributed by atoms with Crippen LogP contribution in [0.2, 0.25) is 0 Å². The first kappa shape index (κ1) is 19.2. The number of hydrogen-bond acceptors (Lipinski definition) is 5. The molecule has 0 aromatic carbocycles. The normalized spacial score (nSPS) is 13.2. The van der Waals surface area contributed by atoms with Crippen LogP contribution in [-0.2, 0) is 23.2 Å². The molecule has 0 saturated carbocycles. The Kier molecular flexibility index (Phi) is 6.32. The van der Waals surface area contributed by atoms with Gasteiger partial charge in [-0.3, -0.25) is 20.1 Å². The molecular weight excluding hydrogens is 356 g/mol. The summed E-state index contributed by atoms with van der Waals surface area (Å²) in [5.74, 6) is -0.344. The van der Waals surface area contributed by atoms with Crippen molar-refractivity contribution >= 4 is 17.2 Å². The summed E-state index contributed by atoms with van der Waals surface area (Å²) in [4.78, 5) is 23.0. The Bertz CT molecular complexity index is 866. The number of pyridine rings is 2. The van der Waals surface area contributed by atoms with Gasteiger partial charge in [0.25, 0.3) is 0 Å². The van der Waals surface area contributed by atoms with Gasteiger partial charge in [-0.15, -0.1) is 11.3 Å². The highest BCUT2D eigenvalue weighted by Gasteiger charge is 2.39. The summed E-state index contributed by atoms with van der Waals surface area (Å²) in [6.45, 7) is 2.69. The summed E-state index contributed by atoms with van der Waals surface area (Å²) < 4.78 is 0. The number of amides is 1. The number of carbonyl (C=O) groups excluding carboxylic acids is 1. The highest BCUT2D eigenvalue weighted by Crippen LogP contribution is 2.32. The van der Waals surface area contributed by atoms with Crippen molar-refractivity contribution in [1.29, 1.82) is 0 Å². The molecule has 0 spiro atoms. The minimum atomic E-state index is -0.887. The fraction of sp³-hybridized carbons (Fsp3) is 0.286. The number of rotatable bonds is 9. The minimum Gasteiger partial charge on any atom is -0.368 e. The van der Waals surface area contributed by atoms with Crippen LogP contribution < -0.4 is 11.1 Å². The zero-order chi connectivity index (χ0) is 19.1. The third-order valence-electron chi connectivity index (χ3n) is 4.68. The van der Waals surface area contributed by atoms with Gasteiger partial charge in [0.05, 0.1) is 0 Å². The van der Waals surface area contributed by atoms with Gasteiger partial charge in [-0.2, -0.15) is 0 Å². The van der Waals surface area contributed by atoms with Gasteiger partial charge in [-0.25, -0.2) is 0 Å². The smallest absolute Gasteiger partial charge is 0.243 e. The minimum absolute atomic E-state index is 0.344. The number of nitrogens with one attached hydrogen (secondary N) is 1. The van der Waals surface area contributed by atoms with Crippen LogP contribution in [0.3, 0.4) is 0 Å². The maximum atomic E-state index is 12.6. The second-order valence-corrected chi connectivity index (χ2v) is 7.86. The highest BCUT2D eigenvalue weighted by molar-refractivity contribution is 7.12. The predicted molar refractivity (Wildman–Crippen MR) is 108 cm³/mol. The Morgan fingerprint density at radius 1 is 1.07 bits per heavy atom. The molecule has 0 saturated heterocycles. The lowest BCUT2D eigenvalue weighted by atomic mass is 9.88. The second kappa shape index (κ2) is 8.88. The average molecular weight is 381 g/mol. The molecule has 1 amide bonds. The van der Waals surface area contributed by atoms with E-state index in [2.05, 4.69) is 15.3 Å². The SMILES string of the molecule is Cc1ccc(C(CCc2cccnc2)(NCCc2ccncc2)C(N)=O)s1. The molecule has 6 heteroatoms. The van der Waals surface area contributed by atoms with E-state index in [-0.39, 0.29) is 5.91 Å². The summed E-state index contributed by atoms with van der Waals surface area (Å²) in [7, 11) is 0. The van der Waals surface area contributed by atoms with Crippen molar-refractivity contribution in [2.24, 2.45) is 5.73 Å². The Balaban J connectivity index is 1.80. The summed E-state index contributed by atoms with van der Waals surface area (Å²) in [5, 5.41) is 3.48. The van der Waals surface area contributed by atoms with Crippen LogP contribution in [-0.4, -0.2) is 22.4 Å². The van der Waals surface area contributed by atoms with E-state index in [1.807, 2.05) is 49.5 Å². The van der Waals surface area contributed by atoms with Crippen LogP contribution in [0.1, 0.15) is 27.3 Å². The van der Waals surface area contributed by atoms with Crippen LogP contribution in [0.15, 0.2) is 61.2 Å². The van der Waals surface area contributed by atoms with Crippen LogP contribution in [0.25, 0.3) is 0 Å². The van der Waals surface area contributed by atoms with E-state index < -0.39 is 5.54 Å². The summed E-state index contributed by atoms with van der Waals surface area (Å²) in [6, 6.07) is 11.9. The largest absolute Gasteiger partial charge is 0.368 e. The molecule has 1 unspecified atom stereocenters. The van der Waals surface area contributed by atoms with Crippen molar-refractivity contribution in [2.45, 2.75) is 31.7 Å². The van der Waals surface area contributed by atoms with E-state index >= 15 is 0 Å². The van der Waals surface area contributed by atoms with Crippen molar-refractivity contribution in [2.75, 3.05) is 6.54 Å². The molecule has 140 valence electrons. The van der Waals surface area contributed by atoms with Crippen LogP contribution in [0.5, 0.6) is 0 Å². The number of hydrogen-bond donors (Lipinski definition) is 2. The molecule has 3 heterocycles. The molecule has 0 radical (unpaired) electrons. The number of aromatic nitrogens is 2. The predicted octanol–water partition coefficient (Wildman–Crippen LogP) is 2.99. The Morgan fingerprint density at radius 2 is 1.89 bits per heavy atom. The van der Waals surface area contributed by atoms with Crippen molar-refractivity contribution in [3.05, 3.63) is 82.1 Å². The monoisotopic (exact) mass is 380 g/mol. The lowest BCUT2D eigenvalue weighted by Gasteiger charge is -2.31. The van der Waals surface area contributed by atoms with Crippen molar-refractivity contribution < 1.29 is 4.79 Å². The zero-order valence-electron chi connectivity index (χ0n) is 15.4. The molecule has 3 rings (SSSR count). The maximum Gasteiger partial charge on any atom is 0.243 e. The first-order valence-electron chi connectivity index (χ1n) is 9.00. The lowest BCUT2D eigenvalue weighted by Crippen LogP contribution is -2.53. The summed E-state index contributed by atoms with van der Waals surface area (Å²) in [5.41, 5.74) is 7.31. The zero-order valence-corrected chi connectivity index (χ0v) is 16.2. The molecular formula is C21H24N4OS. The van der Waals surface area contributed by atoms with E-state index in [4.69, 9.17) is 5.73 Å². The lowest BCUT2D eigenvalue weighted by molar-refractivity contribution is -0.125. The Labute approximate surface area is 163 Å². The molecule has 0 aliphatic heterocycles. The fourth-order valence-corrected chi connectivity index (χ4v) is 4.21. The molecule has 3 N–H and O–H groups in total. The maximum absolute atomic E-state index is 12.6. The summed E-state index contributed by atoms with van der Waals surface area (Å²) in [6.07, 6.45) is 9.25. The second-order valence-electron chi connectivity index (χ2n) is 6.57. The molecule has 27 heavy (non-hydrogen) atoms. The number of nitrogens with zero attached hydrogens (tertiary/aromatic N) is 2. The van der Waals surface area contributed by atoms with Gasteiger partial charge < -0.3 is 5.73 Å². The Hall–Kier alpha value is -2.57. The van der Waals surface area contributed by atoms with Gasteiger partial charge in [0, 0.05) is 41.1 Å². The van der Waals surface area contributed by atoms with Crippen molar-refractivity contribution in [3.8, 4) is 0 Å². The third-order valence-corrected chi connectivity index (χ3v) is 5.85. The molecule has 5 nitrogen and oxygen atoms in total. The number of thiophene rings is 1. The number of nitrogens with two attached hydrogens (primary N) is 1. The molecule has 0 fully saturated rings. The van der Waals surface area contributed by atoms with Crippen molar-refractivity contribution in [1.82, 2.24) is 15.3 Å². The summed E-state index contributed by atoms with van der Waals surface area (Å²) >= 11 is 1.62. The molecule has 3 aromatic rings. The Morgan fingerprint density at radius 3 is 2.52 bits per heavy atom. The van der Waals surface area contributed by atoms with Gasteiger partial charge >= 0.3 is 0 Å². The average Bonchev–Trinajstić information content (AvgIpc) is 3.12. The van der Waals surface area contributed by atoms with Gasteiger partial charge in [-0.1, -0.05) is 6.07 Å². The van der Waals surface area contributed by atoms with Gasteiger partial charge in [-0.05, 0) is 67.6 Å².